The molecule has 0 spiro atoms. The Bertz CT molecular complexity index is 1030. The number of hydrogen-bond donors (Lipinski definition) is 1. The molecule has 1 aliphatic heterocycles. The van der Waals surface area contributed by atoms with Crippen LogP contribution in [0.3, 0.4) is 0 Å². The molecule has 3 aromatic carbocycles. The van der Waals surface area contributed by atoms with Gasteiger partial charge in [-0.2, -0.15) is 0 Å². The zero-order chi connectivity index (χ0) is 17.7. The lowest BCUT2D eigenvalue weighted by molar-refractivity contribution is 0.383. The highest BCUT2D eigenvalue weighted by Crippen LogP contribution is 2.52. The zero-order valence-electron chi connectivity index (χ0n) is 14.6. The summed E-state index contributed by atoms with van der Waals surface area (Å²) >= 11 is 6.27. The van der Waals surface area contributed by atoms with Crippen LogP contribution in [0.25, 0.3) is 10.8 Å². The van der Waals surface area contributed by atoms with Gasteiger partial charge in [0.15, 0.2) is 0 Å². The van der Waals surface area contributed by atoms with Crippen LogP contribution in [0.4, 0.5) is 5.69 Å². The monoisotopic (exact) mass is 361 g/mol. The second-order valence-electron chi connectivity index (χ2n) is 7.11. The van der Waals surface area contributed by atoms with Gasteiger partial charge in [-0.3, -0.25) is 0 Å². The van der Waals surface area contributed by atoms with Crippen molar-refractivity contribution in [2.24, 2.45) is 5.92 Å². The van der Waals surface area contributed by atoms with Crippen LogP contribution in [-0.4, -0.2) is 7.11 Å². The number of halogens is 1. The molecule has 0 amide bonds. The van der Waals surface area contributed by atoms with E-state index in [2.05, 4.69) is 66.0 Å². The van der Waals surface area contributed by atoms with Gasteiger partial charge in [-0.05, 0) is 52.9 Å². The molecule has 130 valence electrons. The average Bonchev–Trinajstić information content (AvgIpc) is 3.17. The van der Waals surface area contributed by atoms with Gasteiger partial charge >= 0.3 is 0 Å². The number of rotatable bonds is 2. The quantitative estimate of drug-likeness (QED) is 0.538. The number of hydrogen-bond acceptors (Lipinski definition) is 2. The number of benzene rings is 3. The largest absolute Gasteiger partial charge is 0.496 e. The fourth-order valence-corrected chi connectivity index (χ4v) is 4.81. The normalized spacial score (nSPS) is 23.4. The molecule has 0 fully saturated rings. The highest BCUT2D eigenvalue weighted by molar-refractivity contribution is 6.30. The van der Waals surface area contributed by atoms with E-state index in [9.17, 15) is 0 Å². The first-order valence-corrected chi connectivity index (χ1v) is 9.42. The molecule has 3 heteroatoms. The van der Waals surface area contributed by atoms with Gasteiger partial charge in [0.2, 0.25) is 0 Å². The molecule has 0 saturated heterocycles. The van der Waals surface area contributed by atoms with Crippen molar-refractivity contribution in [3.05, 3.63) is 82.9 Å². The second-order valence-corrected chi connectivity index (χ2v) is 7.55. The van der Waals surface area contributed by atoms with E-state index in [0.717, 1.165) is 17.2 Å². The van der Waals surface area contributed by atoms with E-state index in [1.807, 2.05) is 6.07 Å². The van der Waals surface area contributed by atoms with E-state index in [-0.39, 0.29) is 6.04 Å². The van der Waals surface area contributed by atoms with Crippen LogP contribution in [0.5, 0.6) is 5.75 Å². The van der Waals surface area contributed by atoms with Crippen molar-refractivity contribution < 1.29 is 4.74 Å². The van der Waals surface area contributed by atoms with Crippen LogP contribution in [0.2, 0.25) is 5.02 Å². The number of anilines is 1. The lowest BCUT2D eigenvalue weighted by Crippen LogP contribution is -2.29. The summed E-state index contributed by atoms with van der Waals surface area (Å²) in [4.78, 5) is 0. The van der Waals surface area contributed by atoms with Crippen molar-refractivity contribution in [2.75, 3.05) is 12.4 Å². The predicted octanol–water partition coefficient (Wildman–Crippen LogP) is 6.33. The smallest absolute Gasteiger partial charge is 0.124 e. The van der Waals surface area contributed by atoms with Crippen molar-refractivity contribution in [2.45, 2.75) is 18.4 Å². The highest BCUT2D eigenvalue weighted by atomic mass is 35.5. The van der Waals surface area contributed by atoms with E-state index < -0.39 is 0 Å². The molecule has 3 unspecified atom stereocenters. The van der Waals surface area contributed by atoms with Crippen LogP contribution in [0, 0.1) is 5.92 Å². The summed E-state index contributed by atoms with van der Waals surface area (Å²) in [7, 11) is 1.76. The van der Waals surface area contributed by atoms with Crippen LogP contribution in [0.15, 0.2) is 66.7 Å². The maximum atomic E-state index is 6.27. The number of fused-ring (bicyclic) bond motifs is 4. The Morgan fingerprint density at radius 2 is 1.96 bits per heavy atom. The Kier molecular flexibility index (Phi) is 3.68. The van der Waals surface area contributed by atoms with Crippen molar-refractivity contribution in [1.29, 1.82) is 0 Å². The average molecular weight is 362 g/mol. The van der Waals surface area contributed by atoms with Crippen molar-refractivity contribution >= 4 is 28.1 Å². The molecule has 0 saturated carbocycles. The lowest BCUT2D eigenvalue weighted by atomic mass is 9.76. The van der Waals surface area contributed by atoms with Crippen LogP contribution in [0.1, 0.15) is 29.5 Å². The van der Waals surface area contributed by atoms with Gasteiger partial charge in [0.1, 0.15) is 5.75 Å². The van der Waals surface area contributed by atoms with E-state index >= 15 is 0 Å². The Morgan fingerprint density at radius 3 is 2.85 bits per heavy atom. The molecule has 0 radical (unpaired) electrons. The molecule has 2 aliphatic rings. The van der Waals surface area contributed by atoms with Crippen LogP contribution >= 0.6 is 11.6 Å². The van der Waals surface area contributed by atoms with E-state index in [0.29, 0.717) is 11.8 Å². The predicted molar refractivity (Wildman–Crippen MR) is 108 cm³/mol. The molecule has 3 atom stereocenters. The maximum Gasteiger partial charge on any atom is 0.124 e. The number of methoxy groups -OCH3 is 1. The SMILES string of the molecule is COc1ccc2ccccc2c1C1Nc2ccc(Cl)cc2C2C=CCC21. The number of ether oxygens (including phenoxy) is 1. The summed E-state index contributed by atoms with van der Waals surface area (Å²) in [5.41, 5.74) is 3.72. The third kappa shape index (κ3) is 2.33. The standard InChI is InChI=1S/C23H20ClNO/c1-26-21-12-9-14-5-2-3-6-16(14)22(21)23-18-8-4-7-17(18)19-13-15(24)10-11-20(19)25-23/h2-7,9-13,17-18,23,25H,8H2,1H3. The van der Waals surface area contributed by atoms with E-state index in [1.54, 1.807) is 7.11 Å². The van der Waals surface area contributed by atoms with Gasteiger partial charge in [-0.15, -0.1) is 0 Å². The maximum absolute atomic E-state index is 6.27. The first kappa shape index (κ1) is 15.8. The van der Waals surface area contributed by atoms with Gasteiger partial charge in [0.25, 0.3) is 0 Å². The topological polar surface area (TPSA) is 21.3 Å². The van der Waals surface area contributed by atoms with Crippen molar-refractivity contribution in [3.63, 3.8) is 0 Å². The molecule has 2 nitrogen and oxygen atoms in total. The molecular formula is C23H20ClNO. The molecule has 0 bridgehead atoms. The lowest BCUT2D eigenvalue weighted by Gasteiger charge is -2.38. The molecule has 1 heterocycles. The number of allylic oxidation sites excluding steroid dienone is 2. The third-order valence-corrected chi connectivity index (χ3v) is 6.02. The summed E-state index contributed by atoms with van der Waals surface area (Å²) in [6.45, 7) is 0. The minimum Gasteiger partial charge on any atom is -0.496 e. The van der Waals surface area contributed by atoms with E-state index in [1.165, 1.54) is 27.6 Å². The molecule has 1 N–H and O–H groups in total. The van der Waals surface area contributed by atoms with Crippen molar-refractivity contribution in [1.82, 2.24) is 0 Å². The van der Waals surface area contributed by atoms with Gasteiger partial charge in [-0.25, -0.2) is 0 Å². The Hall–Kier alpha value is -2.45. The Morgan fingerprint density at radius 1 is 1.08 bits per heavy atom. The summed E-state index contributed by atoms with van der Waals surface area (Å²) in [5, 5.41) is 7.10. The number of nitrogens with one attached hydrogen (secondary N) is 1. The minimum absolute atomic E-state index is 0.199. The molecular weight excluding hydrogens is 342 g/mol. The molecule has 3 aromatic rings. The summed E-state index contributed by atoms with van der Waals surface area (Å²) in [6.07, 6.45) is 5.70. The fourth-order valence-electron chi connectivity index (χ4n) is 4.63. The first-order valence-electron chi connectivity index (χ1n) is 9.04. The first-order chi connectivity index (χ1) is 12.8. The van der Waals surface area contributed by atoms with Gasteiger partial charge in [-0.1, -0.05) is 54.1 Å². The second kappa shape index (κ2) is 6.07. The summed E-state index contributed by atoms with van der Waals surface area (Å²) in [5.74, 6) is 1.79. The fraction of sp³-hybridized carbons (Fsp3) is 0.217. The molecule has 0 aromatic heterocycles. The van der Waals surface area contributed by atoms with Gasteiger partial charge in [0, 0.05) is 22.2 Å². The summed E-state index contributed by atoms with van der Waals surface area (Å²) < 4.78 is 5.78. The molecule has 26 heavy (non-hydrogen) atoms. The van der Waals surface area contributed by atoms with Crippen LogP contribution in [-0.2, 0) is 0 Å². The minimum atomic E-state index is 0.199. The third-order valence-electron chi connectivity index (χ3n) is 5.79. The Balaban J connectivity index is 1.72. The Labute approximate surface area is 158 Å². The van der Waals surface area contributed by atoms with Gasteiger partial charge < -0.3 is 10.1 Å². The molecule has 1 aliphatic carbocycles. The highest BCUT2D eigenvalue weighted by Gasteiger charge is 2.39. The van der Waals surface area contributed by atoms with Gasteiger partial charge in [0.05, 0.1) is 13.2 Å². The zero-order valence-corrected chi connectivity index (χ0v) is 15.3. The van der Waals surface area contributed by atoms with Crippen molar-refractivity contribution in [3.8, 4) is 5.75 Å². The molecule has 5 rings (SSSR count). The van der Waals surface area contributed by atoms with E-state index in [4.69, 9.17) is 16.3 Å². The van der Waals surface area contributed by atoms with Crippen LogP contribution < -0.4 is 10.1 Å². The summed E-state index contributed by atoms with van der Waals surface area (Å²) in [6, 6.07) is 19.2.